The number of carbonyl (C=O) groups excluding carboxylic acids is 1. The average Bonchev–Trinajstić information content (AvgIpc) is 2.56. The van der Waals surface area contributed by atoms with E-state index in [4.69, 9.17) is 4.52 Å². The molecule has 6 heteroatoms. The zero-order valence-corrected chi connectivity index (χ0v) is 10.7. The molecule has 1 atom stereocenters. The van der Waals surface area contributed by atoms with Crippen molar-refractivity contribution in [3.8, 4) is 0 Å². The van der Waals surface area contributed by atoms with E-state index in [9.17, 15) is 14.7 Å². The molecule has 6 nitrogen and oxygen atoms in total. The predicted molar refractivity (Wildman–Crippen MR) is 64.6 cm³/mol. The molecule has 1 N–H and O–H groups in total. The van der Waals surface area contributed by atoms with Gasteiger partial charge in [0.05, 0.1) is 12.1 Å². The molecule has 0 aromatic carbocycles. The first-order valence-corrected chi connectivity index (χ1v) is 6.05. The van der Waals surface area contributed by atoms with Crippen LogP contribution in [0.2, 0.25) is 0 Å². The molecule has 1 aromatic rings. The fraction of sp³-hybridized carbons (Fsp3) is 0.667. The second-order valence-corrected chi connectivity index (χ2v) is 5.18. The molecule has 0 aliphatic carbocycles. The third-order valence-electron chi connectivity index (χ3n) is 3.10. The molecule has 1 aromatic heterocycles. The van der Waals surface area contributed by atoms with Crippen LogP contribution in [-0.2, 0) is 0 Å². The maximum absolute atomic E-state index is 11.9. The highest BCUT2D eigenvalue weighted by Crippen LogP contribution is 2.19. The quantitative estimate of drug-likeness (QED) is 0.818. The van der Waals surface area contributed by atoms with Gasteiger partial charge >= 0.3 is 0 Å². The normalized spacial score (nSPS) is 25.3. The highest BCUT2D eigenvalue weighted by atomic mass is 16.5. The molecule has 2 rings (SSSR count). The van der Waals surface area contributed by atoms with Crippen LogP contribution in [0.5, 0.6) is 0 Å². The standard InChI is InChI=1S/C12H18N2O4/c1-9-6-10(15)14(18-9)11(16)7-13-5-3-4-12(2,17)8-13/h6,17H,3-5,7-8H2,1-2H3. The first kappa shape index (κ1) is 13.0. The topological polar surface area (TPSA) is 75.7 Å². The largest absolute Gasteiger partial charge is 0.389 e. The molecule has 100 valence electrons. The van der Waals surface area contributed by atoms with E-state index in [2.05, 4.69) is 0 Å². The van der Waals surface area contributed by atoms with Crippen LogP contribution in [0.3, 0.4) is 0 Å². The first-order chi connectivity index (χ1) is 8.37. The Bertz CT molecular complexity index is 500. The van der Waals surface area contributed by atoms with E-state index in [-0.39, 0.29) is 6.54 Å². The minimum atomic E-state index is -0.761. The Balaban J connectivity index is 2.04. The number of rotatable bonds is 2. The summed E-state index contributed by atoms with van der Waals surface area (Å²) >= 11 is 0. The lowest BCUT2D eigenvalue weighted by atomic mass is 9.95. The average molecular weight is 254 g/mol. The first-order valence-electron chi connectivity index (χ1n) is 6.05. The number of aryl methyl sites for hydroxylation is 1. The fourth-order valence-electron chi connectivity index (χ4n) is 2.34. The van der Waals surface area contributed by atoms with Crippen LogP contribution in [0.15, 0.2) is 15.4 Å². The van der Waals surface area contributed by atoms with Gasteiger partial charge < -0.3 is 9.63 Å². The van der Waals surface area contributed by atoms with Crippen LogP contribution in [0, 0.1) is 6.92 Å². The van der Waals surface area contributed by atoms with Gasteiger partial charge in [-0.2, -0.15) is 0 Å². The number of nitrogens with zero attached hydrogens (tertiary/aromatic N) is 2. The van der Waals surface area contributed by atoms with E-state index in [1.807, 2.05) is 4.90 Å². The number of aliphatic hydroxyl groups is 1. The number of hydrogen-bond donors (Lipinski definition) is 1. The summed E-state index contributed by atoms with van der Waals surface area (Å²) in [7, 11) is 0. The summed E-state index contributed by atoms with van der Waals surface area (Å²) in [5.41, 5.74) is -1.20. The predicted octanol–water partition coefficient (Wildman–Crippen LogP) is 0.237. The molecule has 0 spiro atoms. The van der Waals surface area contributed by atoms with E-state index in [0.717, 1.165) is 24.1 Å². The van der Waals surface area contributed by atoms with E-state index in [0.29, 0.717) is 12.3 Å². The van der Waals surface area contributed by atoms with Gasteiger partial charge in [0.2, 0.25) is 0 Å². The van der Waals surface area contributed by atoms with E-state index in [1.165, 1.54) is 6.07 Å². The molecule has 1 unspecified atom stereocenters. The van der Waals surface area contributed by atoms with Crippen LogP contribution in [0.4, 0.5) is 0 Å². The van der Waals surface area contributed by atoms with Crippen molar-refractivity contribution in [1.82, 2.24) is 9.64 Å². The molecule has 1 aliphatic heterocycles. The zero-order chi connectivity index (χ0) is 13.3. The minimum Gasteiger partial charge on any atom is -0.389 e. The van der Waals surface area contributed by atoms with Crippen molar-refractivity contribution in [3.05, 3.63) is 22.2 Å². The van der Waals surface area contributed by atoms with Gasteiger partial charge in [-0.15, -0.1) is 4.74 Å². The second-order valence-electron chi connectivity index (χ2n) is 5.18. The Morgan fingerprint density at radius 3 is 2.89 bits per heavy atom. The second kappa shape index (κ2) is 4.70. The lowest BCUT2D eigenvalue weighted by molar-refractivity contribution is -0.0151. The molecule has 0 bridgehead atoms. The van der Waals surface area contributed by atoms with Gasteiger partial charge in [0.25, 0.3) is 11.5 Å². The number of piperidine rings is 1. The maximum atomic E-state index is 11.9. The number of hydrogen-bond acceptors (Lipinski definition) is 5. The van der Waals surface area contributed by atoms with Crippen LogP contribution in [0.1, 0.15) is 30.3 Å². The van der Waals surface area contributed by atoms with Crippen molar-refractivity contribution in [1.29, 1.82) is 0 Å². The van der Waals surface area contributed by atoms with Gasteiger partial charge in [0, 0.05) is 12.6 Å². The number of likely N-dealkylation sites (tertiary alicyclic amines) is 1. The monoisotopic (exact) mass is 254 g/mol. The minimum absolute atomic E-state index is 0.0863. The lowest BCUT2D eigenvalue weighted by Gasteiger charge is -2.36. The molecule has 1 fully saturated rings. The molecule has 2 heterocycles. The Labute approximate surface area is 105 Å². The van der Waals surface area contributed by atoms with Gasteiger partial charge in [-0.05, 0) is 33.2 Å². The van der Waals surface area contributed by atoms with Crippen molar-refractivity contribution in [2.24, 2.45) is 0 Å². The van der Waals surface area contributed by atoms with E-state index in [1.54, 1.807) is 13.8 Å². The molecular weight excluding hydrogens is 236 g/mol. The summed E-state index contributed by atoms with van der Waals surface area (Å²) < 4.78 is 5.81. The highest BCUT2D eigenvalue weighted by Gasteiger charge is 2.29. The molecule has 18 heavy (non-hydrogen) atoms. The van der Waals surface area contributed by atoms with Gasteiger partial charge in [0.15, 0.2) is 0 Å². The summed E-state index contributed by atoms with van der Waals surface area (Å²) in [4.78, 5) is 25.2. The number of β-amino-alcohol motifs (C(OH)–C–C–N with tert-alkyl or cyclic N) is 1. The molecule has 0 amide bonds. The van der Waals surface area contributed by atoms with Crippen molar-refractivity contribution >= 4 is 5.91 Å². The fourth-order valence-corrected chi connectivity index (χ4v) is 2.34. The summed E-state index contributed by atoms with van der Waals surface area (Å²) in [5.74, 6) is 0.0183. The Hall–Kier alpha value is -1.40. The molecule has 1 saturated heterocycles. The summed E-state index contributed by atoms with van der Waals surface area (Å²) in [6.07, 6.45) is 1.57. The van der Waals surface area contributed by atoms with Crippen molar-refractivity contribution in [2.45, 2.75) is 32.3 Å². The van der Waals surface area contributed by atoms with E-state index >= 15 is 0 Å². The van der Waals surface area contributed by atoms with Crippen molar-refractivity contribution in [3.63, 3.8) is 0 Å². The summed E-state index contributed by atoms with van der Waals surface area (Å²) in [6, 6.07) is 1.28. The Kier molecular flexibility index (Phi) is 3.41. The van der Waals surface area contributed by atoms with Gasteiger partial charge in [-0.1, -0.05) is 0 Å². The third-order valence-corrected chi connectivity index (χ3v) is 3.10. The Morgan fingerprint density at radius 1 is 1.61 bits per heavy atom. The molecule has 1 aliphatic rings. The number of carbonyl (C=O) groups is 1. The van der Waals surface area contributed by atoms with E-state index < -0.39 is 17.1 Å². The summed E-state index contributed by atoms with van der Waals surface area (Å²) in [5, 5.41) is 9.94. The van der Waals surface area contributed by atoms with Crippen LogP contribution >= 0.6 is 0 Å². The Morgan fingerprint density at radius 2 is 2.33 bits per heavy atom. The van der Waals surface area contributed by atoms with Gasteiger partial charge in [0.1, 0.15) is 5.76 Å². The highest BCUT2D eigenvalue weighted by molar-refractivity contribution is 5.79. The summed E-state index contributed by atoms with van der Waals surface area (Å²) in [6.45, 7) is 4.65. The van der Waals surface area contributed by atoms with Crippen LogP contribution < -0.4 is 5.56 Å². The molecule has 0 saturated carbocycles. The lowest BCUT2D eigenvalue weighted by Crippen LogP contribution is -2.48. The van der Waals surface area contributed by atoms with Crippen molar-refractivity contribution in [2.75, 3.05) is 19.6 Å². The van der Waals surface area contributed by atoms with Crippen molar-refractivity contribution < 1.29 is 14.4 Å². The SMILES string of the molecule is Cc1cc(=O)n(C(=O)CN2CCCC(C)(O)C2)o1. The van der Waals surface area contributed by atoms with Crippen LogP contribution in [-0.4, -0.2) is 45.9 Å². The number of aromatic nitrogens is 1. The van der Waals surface area contributed by atoms with Crippen LogP contribution in [0.25, 0.3) is 0 Å². The molecule has 0 radical (unpaired) electrons. The van der Waals surface area contributed by atoms with Gasteiger partial charge in [-0.25, -0.2) is 0 Å². The maximum Gasteiger partial charge on any atom is 0.290 e. The smallest absolute Gasteiger partial charge is 0.290 e. The third kappa shape index (κ3) is 2.88. The zero-order valence-electron chi connectivity index (χ0n) is 10.7. The van der Waals surface area contributed by atoms with Gasteiger partial charge in [-0.3, -0.25) is 14.5 Å². The molecular formula is C12H18N2O4.